The van der Waals surface area contributed by atoms with Crippen molar-refractivity contribution in [2.24, 2.45) is 5.92 Å². The van der Waals surface area contributed by atoms with Crippen molar-refractivity contribution in [2.75, 3.05) is 45.0 Å². The summed E-state index contributed by atoms with van der Waals surface area (Å²) >= 11 is 2.72. The van der Waals surface area contributed by atoms with Gasteiger partial charge < -0.3 is 28.3 Å². The Balaban J connectivity index is 0.000000372. The number of sulfone groups is 1. The smallest absolute Gasteiger partial charge is 0.333 e. The van der Waals surface area contributed by atoms with Gasteiger partial charge in [0.15, 0.2) is 9.84 Å². The van der Waals surface area contributed by atoms with Crippen LogP contribution in [-0.4, -0.2) is 79.4 Å². The monoisotopic (exact) mass is 836 g/mol. The van der Waals surface area contributed by atoms with Crippen molar-refractivity contribution < 1.29 is 50.7 Å². The maximum atomic E-state index is 13.5. The van der Waals surface area contributed by atoms with E-state index in [-0.39, 0.29) is 48.6 Å². The number of nitrogens with zero attached hydrogens (tertiary/aromatic N) is 2. The molecule has 2 N–H and O–H groups in total. The summed E-state index contributed by atoms with van der Waals surface area (Å²) in [6, 6.07) is 6.60. The molecular formula is C35H54N2O11P2S3. The molecule has 18 heteroatoms. The molecule has 0 radical (unpaired) electrons. The second kappa shape index (κ2) is 21.6. The molecule has 53 heavy (non-hydrogen) atoms. The summed E-state index contributed by atoms with van der Waals surface area (Å²) in [4.78, 5) is 22.3. The fourth-order valence-corrected chi connectivity index (χ4v) is 11.5. The maximum Gasteiger partial charge on any atom is 0.333 e. The summed E-state index contributed by atoms with van der Waals surface area (Å²) in [5.74, 6) is 0.127. The summed E-state index contributed by atoms with van der Waals surface area (Å²) < 4.78 is 69.4. The third kappa shape index (κ3) is 14.7. The quantitative estimate of drug-likeness (QED) is 0.0982. The molecule has 1 aliphatic carbocycles. The first kappa shape index (κ1) is 45.7. The zero-order valence-electron chi connectivity index (χ0n) is 31.3. The maximum absolute atomic E-state index is 13.5. The number of benzene rings is 1. The summed E-state index contributed by atoms with van der Waals surface area (Å²) in [6.07, 6.45) is 4.22. The zero-order chi connectivity index (χ0) is 39.2. The van der Waals surface area contributed by atoms with Crippen LogP contribution in [0.25, 0.3) is 0 Å². The number of rotatable bonds is 21. The van der Waals surface area contributed by atoms with E-state index in [4.69, 9.17) is 18.1 Å². The first-order chi connectivity index (χ1) is 25.0. The Labute approximate surface area is 321 Å². The number of hydrogen-bond donors (Lipinski definition) is 2. The topological polar surface area (TPSA) is 189 Å². The Hall–Kier alpha value is -1.68. The van der Waals surface area contributed by atoms with Crippen LogP contribution in [0.2, 0.25) is 0 Å². The van der Waals surface area contributed by atoms with Crippen LogP contribution in [-0.2, 0) is 48.3 Å². The third-order valence-corrected chi connectivity index (χ3v) is 15.4. The first-order valence-electron chi connectivity index (χ1n) is 17.9. The predicted octanol–water partition coefficient (Wildman–Crippen LogP) is 8.07. The van der Waals surface area contributed by atoms with Gasteiger partial charge in [0.25, 0.3) is 0 Å². The van der Waals surface area contributed by atoms with Gasteiger partial charge in [-0.05, 0) is 64.7 Å². The Bertz CT molecular complexity index is 1760. The van der Waals surface area contributed by atoms with Gasteiger partial charge in [-0.15, -0.1) is 22.7 Å². The summed E-state index contributed by atoms with van der Waals surface area (Å²) in [5, 5.41) is 25.4. The van der Waals surface area contributed by atoms with E-state index in [0.717, 1.165) is 29.8 Å². The number of aryl methyl sites for hydroxylation is 1. The van der Waals surface area contributed by atoms with E-state index >= 15 is 0 Å². The number of thiazole rings is 2. The van der Waals surface area contributed by atoms with E-state index < -0.39 is 37.2 Å². The van der Waals surface area contributed by atoms with Crippen LogP contribution in [0.3, 0.4) is 0 Å². The van der Waals surface area contributed by atoms with Gasteiger partial charge in [0.2, 0.25) is 0 Å². The minimum absolute atomic E-state index is 0.0127. The lowest BCUT2D eigenvalue weighted by Crippen LogP contribution is -2.18. The molecule has 1 saturated carbocycles. The zero-order valence-corrected chi connectivity index (χ0v) is 35.6. The summed E-state index contributed by atoms with van der Waals surface area (Å²) in [6.45, 7) is 9.74. The molecule has 1 aromatic carbocycles. The lowest BCUT2D eigenvalue weighted by molar-refractivity contribution is -0.120. The van der Waals surface area contributed by atoms with Crippen molar-refractivity contribution in [1.29, 1.82) is 0 Å². The van der Waals surface area contributed by atoms with Gasteiger partial charge in [-0.3, -0.25) is 13.9 Å². The fourth-order valence-electron chi connectivity index (χ4n) is 6.03. The molecule has 298 valence electrons. The second-order valence-electron chi connectivity index (χ2n) is 12.7. The minimum atomic E-state index is -3.44. The molecule has 0 aliphatic heterocycles. The molecule has 0 saturated heterocycles. The number of Topliss-reactive ketones (excluding diaryl/α,β-unsaturated/α-hetero) is 1. The SMILES string of the molecule is CCOP(=O)(CC(O)c1csc(C)n1)OCC.CCOP(=O)(CC(O)c1csc(CC(=O)[C@H](CC2CCCC2)c2ccc(S(C)(=O)=O)cc2)n1)OCC. The largest absolute Gasteiger partial charge is 0.386 e. The average Bonchev–Trinajstić information content (AvgIpc) is 3.87. The molecule has 3 atom stereocenters. The highest BCUT2D eigenvalue weighted by Crippen LogP contribution is 2.51. The Morgan fingerprint density at radius 3 is 1.74 bits per heavy atom. The van der Waals surface area contributed by atoms with Crippen molar-refractivity contribution >= 4 is 53.5 Å². The lowest BCUT2D eigenvalue weighted by atomic mass is 9.84. The minimum Gasteiger partial charge on any atom is -0.386 e. The lowest BCUT2D eigenvalue weighted by Gasteiger charge is -2.20. The van der Waals surface area contributed by atoms with Gasteiger partial charge >= 0.3 is 15.2 Å². The van der Waals surface area contributed by atoms with Gasteiger partial charge in [0.1, 0.15) is 23.0 Å². The number of hydrogen-bond acceptors (Lipinski definition) is 15. The molecule has 0 spiro atoms. The van der Waals surface area contributed by atoms with Crippen molar-refractivity contribution in [3.05, 3.63) is 62.0 Å². The van der Waals surface area contributed by atoms with Gasteiger partial charge in [0.05, 0.1) is 66.5 Å². The van der Waals surface area contributed by atoms with E-state index in [1.807, 2.05) is 6.92 Å². The van der Waals surface area contributed by atoms with Gasteiger partial charge in [0, 0.05) is 22.9 Å². The van der Waals surface area contributed by atoms with E-state index in [1.165, 1.54) is 41.8 Å². The number of aliphatic hydroxyl groups excluding tert-OH is 2. The average molecular weight is 837 g/mol. The van der Waals surface area contributed by atoms with Gasteiger partial charge in [-0.2, -0.15) is 0 Å². The normalized spacial score (nSPS) is 15.8. The van der Waals surface area contributed by atoms with Crippen LogP contribution in [0, 0.1) is 12.8 Å². The Kier molecular flexibility index (Phi) is 18.6. The highest BCUT2D eigenvalue weighted by molar-refractivity contribution is 7.90. The van der Waals surface area contributed by atoms with Crippen LogP contribution >= 0.6 is 37.9 Å². The van der Waals surface area contributed by atoms with Crippen LogP contribution in [0.5, 0.6) is 0 Å². The standard InChI is InChI=1S/C25H36NO7PS2.C10H18NO4PS/c1-4-32-34(29,33-5-2)16-24(28)22-17-35-25(26-22)15-23(27)21(14-18-8-6-7-9-18)19-10-12-20(13-11-19)36(3,30)31;1-4-14-16(13,15-5-2)6-10(12)9-7-17-8(3)11-9/h10-13,17-18,21,24,28H,4-9,14-16H2,1-3H3;7,10,12H,4-6H2,1-3H3/t21-,24?;/m1./s1. The number of carbonyl (C=O) groups is 1. The molecule has 2 heterocycles. The van der Waals surface area contributed by atoms with E-state index in [9.17, 15) is 32.6 Å². The molecule has 1 fully saturated rings. The highest BCUT2D eigenvalue weighted by atomic mass is 32.2. The number of carbonyl (C=O) groups excluding carboxylic acids is 1. The molecule has 1 aliphatic rings. The van der Waals surface area contributed by atoms with Crippen molar-refractivity contribution in [2.45, 2.75) is 96.2 Å². The van der Waals surface area contributed by atoms with E-state index in [1.54, 1.807) is 62.7 Å². The predicted molar refractivity (Wildman–Crippen MR) is 208 cm³/mol. The molecule has 4 rings (SSSR count). The molecule has 3 aromatic rings. The molecule has 0 amide bonds. The molecule has 13 nitrogen and oxygen atoms in total. The summed E-state index contributed by atoms with van der Waals surface area (Å²) in [5.41, 5.74) is 1.67. The van der Waals surface area contributed by atoms with Crippen molar-refractivity contribution in [3.8, 4) is 0 Å². The Morgan fingerprint density at radius 2 is 1.30 bits per heavy atom. The van der Waals surface area contributed by atoms with E-state index in [2.05, 4.69) is 9.97 Å². The van der Waals surface area contributed by atoms with Crippen LogP contribution in [0.1, 0.15) is 105 Å². The third-order valence-electron chi connectivity index (χ3n) is 8.45. The van der Waals surface area contributed by atoms with Gasteiger partial charge in [-0.25, -0.2) is 18.4 Å². The van der Waals surface area contributed by atoms with Gasteiger partial charge in [-0.1, -0.05) is 37.8 Å². The second-order valence-corrected chi connectivity index (χ2v) is 20.9. The fraction of sp³-hybridized carbons (Fsp3) is 0.629. The molecule has 2 aromatic heterocycles. The summed E-state index contributed by atoms with van der Waals surface area (Å²) in [7, 11) is -9.98. The molecule has 2 unspecified atom stereocenters. The van der Waals surface area contributed by atoms with Crippen LogP contribution in [0.4, 0.5) is 0 Å². The van der Waals surface area contributed by atoms with Crippen molar-refractivity contribution in [1.82, 2.24) is 9.97 Å². The van der Waals surface area contributed by atoms with Crippen LogP contribution in [0.15, 0.2) is 39.9 Å². The highest BCUT2D eigenvalue weighted by Gasteiger charge is 2.32. The number of aliphatic hydroxyl groups is 2. The van der Waals surface area contributed by atoms with E-state index in [0.29, 0.717) is 35.5 Å². The molecule has 0 bridgehead atoms. The Morgan fingerprint density at radius 1 is 0.830 bits per heavy atom. The van der Waals surface area contributed by atoms with Crippen molar-refractivity contribution in [3.63, 3.8) is 0 Å². The first-order valence-corrected chi connectivity index (χ1v) is 25.0. The molecular weight excluding hydrogens is 783 g/mol. The van der Waals surface area contributed by atoms with Crippen LogP contribution < -0.4 is 0 Å². The number of aromatic nitrogens is 2. The number of ketones is 1.